The molecule has 0 unspecified atom stereocenters. The number of likely N-dealkylation sites (N-methyl/N-ethyl adjacent to an activating group) is 1. The first-order valence-corrected chi connectivity index (χ1v) is 12.8. The third-order valence-electron chi connectivity index (χ3n) is 4.34. The third kappa shape index (κ3) is 5.16. The van der Waals surface area contributed by atoms with Gasteiger partial charge in [-0.3, -0.25) is 9.69 Å². The van der Waals surface area contributed by atoms with E-state index < -0.39 is 9.84 Å². The molecule has 154 valence electrons. The van der Waals surface area contributed by atoms with E-state index in [4.69, 9.17) is 0 Å². The molecule has 0 radical (unpaired) electrons. The van der Waals surface area contributed by atoms with Crippen LogP contribution in [0.25, 0.3) is 10.2 Å². The molecule has 0 N–H and O–H groups in total. The van der Waals surface area contributed by atoms with Crippen LogP contribution in [0.1, 0.15) is 10.4 Å². The monoisotopic (exact) mass is 449 g/mol. The summed E-state index contributed by atoms with van der Waals surface area (Å²) < 4.78 is 24.5. The van der Waals surface area contributed by atoms with Crippen molar-refractivity contribution in [1.29, 1.82) is 0 Å². The number of fused-ring (bicyclic) bond motifs is 1. The van der Waals surface area contributed by atoms with E-state index >= 15 is 0 Å². The van der Waals surface area contributed by atoms with Gasteiger partial charge in [0, 0.05) is 29.8 Å². The lowest BCUT2D eigenvalue weighted by Crippen LogP contribution is -2.36. The molecule has 0 saturated carbocycles. The Morgan fingerprint density at radius 3 is 2.55 bits per heavy atom. The van der Waals surface area contributed by atoms with Gasteiger partial charge in [-0.25, -0.2) is 13.4 Å². The number of rotatable bonds is 7. The average Bonchev–Trinajstić information content (AvgIpc) is 3.10. The smallest absolute Gasteiger partial charge is 0.260 e. The molecule has 0 aliphatic heterocycles. The topological polar surface area (TPSA) is 70.6 Å². The van der Waals surface area contributed by atoms with Crippen LogP contribution in [-0.4, -0.2) is 63.9 Å². The van der Waals surface area contributed by atoms with Gasteiger partial charge in [-0.05, 0) is 56.7 Å². The van der Waals surface area contributed by atoms with Crippen molar-refractivity contribution in [1.82, 2.24) is 9.88 Å². The summed E-state index contributed by atoms with van der Waals surface area (Å²) in [5, 5.41) is 0.562. The number of thiazole rings is 1. The van der Waals surface area contributed by atoms with Gasteiger partial charge in [-0.2, -0.15) is 0 Å². The van der Waals surface area contributed by atoms with Gasteiger partial charge in [0.25, 0.3) is 5.91 Å². The van der Waals surface area contributed by atoms with E-state index in [2.05, 4.69) is 4.98 Å². The highest BCUT2D eigenvalue weighted by molar-refractivity contribution is 7.98. The second-order valence-electron chi connectivity index (χ2n) is 6.89. The minimum atomic E-state index is -3.30. The SMILES string of the molecule is CSc1cccc(C(=O)N(CCN(C)C)c2nc3ccc(S(C)(=O)=O)cc3s2)c1. The van der Waals surface area contributed by atoms with Gasteiger partial charge in [-0.1, -0.05) is 17.4 Å². The van der Waals surface area contributed by atoms with Gasteiger partial charge in [0.1, 0.15) is 0 Å². The second kappa shape index (κ2) is 8.83. The Morgan fingerprint density at radius 1 is 1.14 bits per heavy atom. The fourth-order valence-corrected chi connectivity index (χ4v) is 4.95. The van der Waals surface area contributed by atoms with E-state index in [0.717, 1.165) is 9.60 Å². The average molecular weight is 450 g/mol. The van der Waals surface area contributed by atoms with Crippen molar-refractivity contribution in [2.45, 2.75) is 9.79 Å². The fourth-order valence-electron chi connectivity index (χ4n) is 2.73. The number of carbonyl (C=O) groups excluding carboxylic acids is 1. The van der Waals surface area contributed by atoms with E-state index in [0.29, 0.717) is 29.3 Å². The molecule has 29 heavy (non-hydrogen) atoms. The Morgan fingerprint density at radius 2 is 1.90 bits per heavy atom. The van der Waals surface area contributed by atoms with Crippen LogP contribution < -0.4 is 4.90 Å². The van der Waals surface area contributed by atoms with Crippen molar-refractivity contribution in [3.8, 4) is 0 Å². The Bertz CT molecular complexity index is 1140. The van der Waals surface area contributed by atoms with E-state index in [-0.39, 0.29) is 10.8 Å². The van der Waals surface area contributed by atoms with Crippen LogP contribution in [0.4, 0.5) is 5.13 Å². The normalized spacial score (nSPS) is 11.9. The zero-order valence-electron chi connectivity index (χ0n) is 16.7. The number of hydrogen-bond acceptors (Lipinski definition) is 7. The number of benzene rings is 2. The minimum absolute atomic E-state index is 0.120. The van der Waals surface area contributed by atoms with Crippen LogP contribution in [-0.2, 0) is 9.84 Å². The highest BCUT2D eigenvalue weighted by Crippen LogP contribution is 2.31. The molecular formula is C20H23N3O3S3. The lowest BCUT2D eigenvalue weighted by molar-refractivity contribution is 0.0985. The largest absolute Gasteiger partial charge is 0.308 e. The summed E-state index contributed by atoms with van der Waals surface area (Å²) in [5.41, 5.74) is 1.28. The van der Waals surface area contributed by atoms with Gasteiger partial charge in [0.2, 0.25) is 0 Å². The maximum Gasteiger partial charge on any atom is 0.260 e. The highest BCUT2D eigenvalue weighted by Gasteiger charge is 2.22. The van der Waals surface area contributed by atoms with Crippen LogP contribution >= 0.6 is 23.1 Å². The Kier molecular flexibility index (Phi) is 6.62. The minimum Gasteiger partial charge on any atom is -0.308 e. The first-order chi connectivity index (χ1) is 13.7. The van der Waals surface area contributed by atoms with Crippen molar-refractivity contribution >= 4 is 54.2 Å². The molecular weight excluding hydrogens is 426 g/mol. The summed E-state index contributed by atoms with van der Waals surface area (Å²) in [7, 11) is 0.600. The van der Waals surface area contributed by atoms with Crippen LogP contribution in [0.5, 0.6) is 0 Å². The van der Waals surface area contributed by atoms with Crippen molar-refractivity contribution in [3.05, 3.63) is 48.0 Å². The second-order valence-corrected chi connectivity index (χ2v) is 10.8. The third-order valence-corrected chi connectivity index (χ3v) is 7.22. The van der Waals surface area contributed by atoms with Crippen molar-refractivity contribution in [3.63, 3.8) is 0 Å². The summed E-state index contributed by atoms with van der Waals surface area (Å²) in [6, 6.07) is 12.4. The molecule has 0 saturated heterocycles. The number of anilines is 1. The molecule has 0 atom stereocenters. The van der Waals surface area contributed by atoms with E-state index in [1.807, 2.05) is 43.5 Å². The standard InChI is InChI=1S/C20H23N3O3S3/c1-22(2)10-11-23(19(24)14-6-5-7-15(12-14)27-3)20-21-17-9-8-16(29(4,25)26)13-18(17)28-20/h5-9,12-13H,10-11H2,1-4H3. The summed E-state index contributed by atoms with van der Waals surface area (Å²) in [4.78, 5) is 22.9. The number of carbonyl (C=O) groups is 1. The maximum atomic E-state index is 13.3. The molecule has 9 heteroatoms. The predicted octanol–water partition coefficient (Wildman–Crippen LogP) is 3.63. The lowest BCUT2D eigenvalue weighted by atomic mass is 10.2. The van der Waals surface area contributed by atoms with Crippen LogP contribution in [0.3, 0.4) is 0 Å². The van der Waals surface area contributed by atoms with Crippen LogP contribution in [0.2, 0.25) is 0 Å². The molecule has 0 aliphatic carbocycles. The number of aromatic nitrogens is 1. The fraction of sp³-hybridized carbons (Fsp3) is 0.300. The molecule has 0 spiro atoms. The highest BCUT2D eigenvalue weighted by atomic mass is 32.2. The predicted molar refractivity (Wildman–Crippen MR) is 121 cm³/mol. The number of thioether (sulfide) groups is 1. The summed E-state index contributed by atoms with van der Waals surface area (Å²) in [6.45, 7) is 1.16. The Balaban J connectivity index is 2.02. The van der Waals surface area contributed by atoms with Crippen molar-refractivity contribution in [2.75, 3.05) is 44.6 Å². The summed E-state index contributed by atoms with van der Waals surface area (Å²) in [5.74, 6) is -0.120. The number of amides is 1. The van der Waals surface area contributed by atoms with Gasteiger partial charge < -0.3 is 4.90 Å². The Hall–Kier alpha value is -1.94. The zero-order valence-corrected chi connectivity index (χ0v) is 19.2. The summed E-state index contributed by atoms with van der Waals surface area (Å²) in [6.07, 6.45) is 3.15. The van der Waals surface area contributed by atoms with Gasteiger partial charge in [0.05, 0.1) is 15.1 Å². The molecule has 3 aromatic rings. The first kappa shape index (κ1) is 21.8. The molecule has 1 heterocycles. The molecule has 1 aromatic heterocycles. The van der Waals surface area contributed by atoms with Gasteiger partial charge >= 0.3 is 0 Å². The molecule has 3 rings (SSSR count). The maximum absolute atomic E-state index is 13.3. The number of sulfone groups is 1. The molecule has 2 aromatic carbocycles. The van der Waals surface area contributed by atoms with Gasteiger partial charge in [-0.15, -0.1) is 11.8 Å². The van der Waals surface area contributed by atoms with Crippen molar-refractivity contribution < 1.29 is 13.2 Å². The number of nitrogens with zero attached hydrogens (tertiary/aromatic N) is 3. The molecule has 6 nitrogen and oxygen atoms in total. The molecule has 0 bridgehead atoms. The van der Waals surface area contributed by atoms with E-state index in [9.17, 15) is 13.2 Å². The van der Waals surface area contributed by atoms with E-state index in [1.165, 1.54) is 17.6 Å². The number of hydrogen-bond donors (Lipinski definition) is 0. The molecule has 0 fully saturated rings. The quantitative estimate of drug-likeness (QED) is 0.513. The Labute approximate surface area is 179 Å². The first-order valence-electron chi connectivity index (χ1n) is 8.90. The van der Waals surface area contributed by atoms with Crippen molar-refractivity contribution in [2.24, 2.45) is 0 Å². The molecule has 1 amide bonds. The van der Waals surface area contributed by atoms with E-state index in [1.54, 1.807) is 40.9 Å². The van der Waals surface area contributed by atoms with Crippen LogP contribution in [0.15, 0.2) is 52.3 Å². The summed E-state index contributed by atoms with van der Waals surface area (Å²) >= 11 is 2.91. The molecule has 0 aliphatic rings. The van der Waals surface area contributed by atoms with Gasteiger partial charge in [0.15, 0.2) is 15.0 Å². The van der Waals surface area contributed by atoms with Crippen LogP contribution in [0, 0.1) is 0 Å². The zero-order chi connectivity index (χ0) is 21.2. The lowest BCUT2D eigenvalue weighted by Gasteiger charge is -2.22.